The Balaban J connectivity index is 1.21. The number of carbonyl (C=O) groups is 11. The highest BCUT2D eigenvalue weighted by Crippen LogP contribution is 2.44. The number of likely N-dealkylation sites (N-methyl/N-ethyl adjacent to an activating group) is 1. The summed E-state index contributed by atoms with van der Waals surface area (Å²) in [6.45, 7) is -1.35. The maximum Gasteiger partial charge on any atom is 0.305 e. The molecular formula is C58H73N15O21S7. The molecule has 1 aliphatic rings. The van der Waals surface area contributed by atoms with Gasteiger partial charge in [-0.3, -0.25) is 66.6 Å². The number of carboxylic acids is 1. The maximum atomic E-state index is 14.6. The molecule has 101 heavy (non-hydrogen) atoms. The van der Waals surface area contributed by atoms with Gasteiger partial charge in [-0.05, 0) is 62.0 Å². The number of hydrogen-bond acceptors (Lipinski definition) is 23. The molecule has 5 aromatic rings. The van der Waals surface area contributed by atoms with Crippen molar-refractivity contribution in [1.29, 1.82) is 0 Å². The molecule has 0 saturated carbocycles. The van der Waals surface area contributed by atoms with E-state index in [-0.39, 0.29) is 118 Å². The van der Waals surface area contributed by atoms with Crippen LogP contribution in [0, 0.1) is 0 Å². The van der Waals surface area contributed by atoms with Crippen LogP contribution in [0.3, 0.4) is 0 Å². The highest BCUT2D eigenvalue weighted by Gasteiger charge is 2.36. The minimum absolute atomic E-state index is 0.0333. The van der Waals surface area contributed by atoms with E-state index < -0.39 is 172 Å². The topological polar surface area (TPSA) is 594 Å². The second-order valence-corrected chi connectivity index (χ2v) is 30.5. The molecular weight excluding hydrogens is 1470 g/mol. The first-order valence-corrected chi connectivity index (χ1v) is 38.6. The second kappa shape index (κ2) is 37.2. The highest BCUT2D eigenvalue weighted by molar-refractivity contribution is 8.76. The molecule has 43 heteroatoms. The number of nitrogens with two attached hydrogens (primary N) is 3. The lowest BCUT2D eigenvalue weighted by molar-refractivity contribution is -0.141. The Labute approximate surface area is 594 Å². The van der Waals surface area contributed by atoms with Gasteiger partial charge in [-0.2, -0.15) is 37.0 Å². The number of aliphatic carboxylic acids is 1. The van der Waals surface area contributed by atoms with Gasteiger partial charge >= 0.3 is 5.97 Å². The number of thiocarbonyl (C=S) groups is 1. The number of thioether (sulfide) groups is 1. The van der Waals surface area contributed by atoms with Gasteiger partial charge in [-0.15, -0.1) is 0 Å². The van der Waals surface area contributed by atoms with Crippen LogP contribution in [0.15, 0.2) is 86.4 Å². The molecule has 6 rings (SSSR count). The molecule has 0 unspecified atom stereocenters. The number of hydrogen-bond donors (Lipinski definition) is 18. The number of nitrogens with one attached hydrogen (secondary N) is 11. The third-order valence-electron chi connectivity index (χ3n) is 15.0. The number of aliphatic imine (C=N–C) groups is 1. The number of aldehydes is 1. The zero-order valence-corrected chi connectivity index (χ0v) is 59.1. The average molecular weight is 1540 g/mol. The van der Waals surface area contributed by atoms with Crippen molar-refractivity contribution in [3.8, 4) is 0 Å². The summed E-state index contributed by atoms with van der Waals surface area (Å²) in [7, 11) is -12.4. The molecule has 5 aromatic carbocycles. The molecule has 9 amide bonds. The van der Waals surface area contributed by atoms with E-state index in [9.17, 15) is 96.8 Å². The molecule has 0 radical (unpaired) electrons. The zero-order chi connectivity index (χ0) is 74.5. The van der Waals surface area contributed by atoms with E-state index in [0.717, 1.165) is 51.5 Å². The smallest absolute Gasteiger partial charge is 0.305 e. The van der Waals surface area contributed by atoms with Crippen LogP contribution in [0.4, 0.5) is 5.69 Å². The average Bonchev–Trinajstić information content (AvgIpc) is 0.708. The van der Waals surface area contributed by atoms with E-state index in [1.165, 1.54) is 19.2 Å². The van der Waals surface area contributed by atoms with Crippen molar-refractivity contribution in [2.45, 2.75) is 102 Å². The van der Waals surface area contributed by atoms with Gasteiger partial charge in [0, 0.05) is 87.6 Å². The number of benzene rings is 5. The molecule has 36 nitrogen and oxygen atoms in total. The number of carboxylic acid groups (broad SMARTS) is 1. The Morgan fingerprint density at radius 1 is 0.733 bits per heavy atom. The van der Waals surface area contributed by atoms with Crippen molar-refractivity contribution >= 4 is 190 Å². The normalized spacial score (nSPS) is 17.6. The van der Waals surface area contributed by atoms with Crippen LogP contribution in [0.25, 0.3) is 32.3 Å². The zero-order valence-electron chi connectivity index (χ0n) is 53.3. The number of amides is 9. The fraction of sp³-hybridized carbons (Fsp3) is 0.397. The van der Waals surface area contributed by atoms with Crippen LogP contribution in [0.1, 0.15) is 44.1 Å². The van der Waals surface area contributed by atoms with Crippen molar-refractivity contribution in [2.24, 2.45) is 22.2 Å². The highest BCUT2D eigenvalue weighted by atomic mass is 33.1. The lowest BCUT2D eigenvalue weighted by atomic mass is 9.93. The van der Waals surface area contributed by atoms with Gasteiger partial charge in [0.1, 0.15) is 57.2 Å². The van der Waals surface area contributed by atoms with E-state index >= 15 is 0 Å². The van der Waals surface area contributed by atoms with Crippen LogP contribution in [0.2, 0.25) is 0 Å². The summed E-state index contributed by atoms with van der Waals surface area (Å²) >= 11 is 6.48. The number of carbonyl (C=O) groups excluding carboxylic acids is 10. The van der Waals surface area contributed by atoms with Gasteiger partial charge in [0.05, 0.1) is 25.6 Å². The predicted octanol–water partition coefficient (Wildman–Crippen LogP) is -2.91. The molecule has 1 saturated heterocycles. The van der Waals surface area contributed by atoms with Gasteiger partial charge in [0.25, 0.3) is 30.4 Å². The number of anilines is 1. The van der Waals surface area contributed by atoms with Crippen LogP contribution in [-0.4, -0.2) is 219 Å². The van der Waals surface area contributed by atoms with Crippen molar-refractivity contribution < 1.29 is 96.8 Å². The van der Waals surface area contributed by atoms with Crippen molar-refractivity contribution in [3.05, 3.63) is 72.3 Å². The summed E-state index contributed by atoms with van der Waals surface area (Å²) in [5.74, 6) is -11.4. The van der Waals surface area contributed by atoms with E-state index in [0.29, 0.717) is 17.9 Å². The van der Waals surface area contributed by atoms with Crippen molar-refractivity contribution in [3.63, 3.8) is 0 Å². The number of unbranched alkanes of at least 4 members (excludes halogenated alkanes) is 1. The second-order valence-electron chi connectivity index (χ2n) is 22.3. The molecule has 548 valence electrons. The van der Waals surface area contributed by atoms with Gasteiger partial charge in [0.15, 0.2) is 11.1 Å². The quantitative estimate of drug-likeness (QED) is 0.00320. The van der Waals surface area contributed by atoms with Gasteiger partial charge < -0.3 is 85.6 Å². The first-order chi connectivity index (χ1) is 47.6. The van der Waals surface area contributed by atoms with Gasteiger partial charge in [-0.25, -0.2) is 0 Å². The summed E-state index contributed by atoms with van der Waals surface area (Å²) in [5, 5.41) is 36.4. The fourth-order valence-electron chi connectivity index (χ4n) is 10.1. The molecule has 0 bridgehead atoms. The minimum atomic E-state index is -5.19. The Bertz CT molecular complexity index is 4290. The third kappa shape index (κ3) is 23.9. The number of guanidine groups is 1. The van der Waals surface area contributed by atoms with Crippen molar-refractivity contribution in [1.82, 2.24) is 53.2 Å². The molecule has 1 heterocycles. The van der Waals surface area contributed by atoms with E-state index in [4.69, 9.17) is 29.4 Å². The van der Waals surface area contributed by atoms with Crippen LogP contribution < -0.4 is 75.7 Å². The predicted molar refractivity (Wildman–Crippen MR) is 378 cm³/mol. The summed E-state index contributed by atoms with van der Waals surface area (Å²) in [5.41, 5.74) is 17.7. The minimum Gasteiger partial charge on any atom is -0.481 e. The Morgan fingerprint density at radius 3 is 1.95 bits per heavy atom. The van der Waals surface area contributed by atoms with Gasteiger partial charge in [-0.1, -0.05) is 76.2 Å². The molecule has 0 spiro atoms. The molecule has 0 aromatic heterocycles. The standard InChI is InChI=1S/C58H73N15O21S7/c1-62-45(75)24-65-52(81)39(26-96-19-18-74)71-53(82)37(20-29-8-3-2-4-9-29)69-56(85)41-28-98-97-27-40(55(84)68-35(11-7-17-63-57(60)61)51(80)66-25-46(76)67-38(22-47(77)78)54(83)72-41)70-50(79)34(59)10-5-6-16-64-58(95)73-36-21-42(99(86,87)88)31-14-15-33-44(101(92,93)94)23-43(100(89,90)91)32-13-12-30(36)48(31)49(32)33/h2-4,8-9,12-15,18,21,23,34-35,37-41H,5-7,10-11,16-17,19-20,22,24-28,59H2,1H3,(H,62,75)(H,65,81)(H,66,80)(H,67,76)(H,68,84)(H,69,85)(H,70,79)(H,71,82)(H,72,83)(H,77,78)(H4,60,61,63)(H2,64,73,95)(H,86,87,88)(H,89,90,91)(H,92,93,94)/t34-,35-,37-,38-,39-,40-,41-/m0/s1. The lowest BCUT2D eigenvalue weighted by Gasteiger charge is -2.26. The van der Waals surface area contributed by atoms with Gasteiger partial charge in [0.2, 0.25) is 53.2 Å². The molecule has 1 aliphatic heterocycles. The van der Waals surface area contributed by atoms with Crippen LogP contribution >= 0.6 is 45.6 Å². The van der Waals surface area contributed by atoms with Crippen LogP contribution in [-0.2, 0) is 89.5 Å². The van der Waals surface area contributed by atoms with Crippen molar-refractivity contribution in [2.75, 3.05) is 61.6 Å². The fourth-order valence-corrected chi connectivity index (χ4v) is 15.6. The Morgan fingerprint density at radius 2 is 1.35 bits per heavy atom. The number of rotatable bonds is 30. The monoisotopic (exact) mass is 1540 g/mol. The first-order valence-electron chi connectivity index (χ1n) is 30.3. The largest absolute Gasteiger partial charge is 0.481 e. The third-order valence-corrected chi connectivity index (χ3v) is 21.3. The van der Waals surface area contributed by atoms with E-state index in [1.54, 1.807) is 30.3 Å². The number of nitrogens with zero attached hydrogens (tertiary/aromatic N) is 1. The summed E-state index contributed by atoms with van der Waals surface area (Å²) < 4.78 is 107. The molecule has 7 atom stereocenters. The summed E-state index contributed by atoms with van der Waals surface area (Å²) in [4.78, 5) is 148. The Kier molecular flexibility index (Phi) is 29.9. The molecule has 1 fully saturated rings. The maximum absolute atomic E-state index is 14.6. The lowest BCUT2D eigenvalue weighted by Crippen LogP contribution is -2.60. The Hall–Kier alpha value is -8.79. The summed E-state index contributed by atoms with van der Waals surface area (Å²) in [6.07, 6.45) is -0.410. The van der Waals surface area contributed by atoms with Crippen LogP contribution in [0.5, 0.6) is 0 Å². The van der Waals surface area contributed by atoms with E-state index in [2.05, 4.69) is 63.5 Å². The van der Waals surface area contributed by atoms with E-state index in [1.807, 2.05) is 0 Å². The summed E-state index contributed by atoms with van der Waals surface area (Å²) in [6, 6.07) is 3.70. The first kappa shape index (κ1) is 81.2. The molecule has 21 N–H and O–H groups in total. The molecule has 0 aliphatic carbocycles. The SMILES string of the molecule is CNC(=O)CNC(=O)[C@H](CSCC=O)NC(=O)[C@H](Cc1ccccc1)NC(=O)[C@@H]1CSSC[C@H](NC(=O)[C@@H](N)CCCCNC(=S)Nc2cc(S(=O)(=O)O)c3ccc4c(S(=O)(=O)O)cc(S(=O)(=O)O)c5ccc2c3c54)C(=O)N[C@@H](CCCN=C(N)N)C(=O)NCC(=O)N[C@@H](CC(=O)O)C(=O)N1.